The van der Waals surface area contributed by atoms with Gasteiger partial charge in [0.2, 0.25) is 5.95 Å². The highest BCUT2D eigenvalue weighted by atomic mass is 19.1. The number of para-hydroxylation sites is 1. The maximum atomic E-state index is 13.4. The molecule has 2 aromatic rings. The minimum atomic E-state index is -0.377. The summed E-state index contributed by atoms with van der Waals surface area (Å²) in [5, 5.41) is 12.6. The zero-order valence-electron chi connectivity index (χ0n) is 12.7. The number of nitrogens with zero attached hydrogens (tertiary/aromatic N) is 3. The molecule has 1 unspecified atom stereocenters. The molecule has 1 aromatic carbocycles. The van der Waals surface area contributed by atoms with Gasteiger partial charge >= 0.3 is 0 Å². The molecule has 1 fully saturated rings. The highest BCUT2D eigenvalue weighted by Crippen LogP contribution is 2.18. The van der Waals surface area contributed by atoms with Gasteiger partial charge in [0.25, 0.3) is 0 Å². The van der Waals surface area contributed by atoms with Crippen molar-refractivity contribution in [2.45, 2.75) is 12.5 Å². The van der Waals surface area contributed by atoms with Crippen LogP contribution in [0.25, 0.3) is 0 Å². The van der Waals surface area contributed by atoms with Crippen molar-refractivity contribution in [3.05, 3.63) is 42.3 Å². The standard InChI is InChI=1S/C16H19FN4O2/c17-13-3-1-2-4-14(13)23-10-8-19-16-18-7-5-15(20-16)21-9-6-12(22)11-21/h1-5,7,12,22H,6,8-11H2,(H,18,19,20). The van der Waals surface area contributed by atoms with E-state index in [9.17, 15) is 9.50 Å². The summed E-state index contributed by atoms with van der Waals surface area (Å²) in [6.07, 6.45) is 2.13. The first-order valence-corrected chi connectivity index (χ1v) is 7.59. The lowest BCUT2D eigenvalue weighted by Crippen LogP contribution is -2.23. The Labute approximate surface area is 133 Å². The fourth-order valence-electron chi connectivity index (χ4n) is 2.45. The predicted molar refractivity (Wildman–Crippen MR) is 85.3 cm³/mol. The number of nitrogens with one attached hydrogen (secondary N) is 1. The molecule has 3 rings (SSSR count). The summed E-state index contributed by atoms with van der Waals surface area (Å²) in [4.78, 5) is 10.6. The zero-order chi connectivity index (χ0) is 16.1. The Morgan fingerprint density at radius 3 is 3.00 bits per heavy atom. The molecule has 0 bridgehead atoms. The zero-order valence-corrected chi connectivity index (χ0v) is 12.7. The minimum absolute atomic E-state index is 0.232. The van der Waals surface area contributed by atoms with Crippen molar-refractivity contribution >= 4 is 11.8 Å². The Hall–Kier alpha value is -2.41. The van der Waals surface area contributed by atoms with Gasteiger partial charge in [-0.15, -0.1) is 0 Å². The van der Waals surface area contributed by atoms with Crippen molar-refractivity contribution < 1.29 is 14.2 Å². The van der Waals surface area contributed by atoms with E-state index in [0.29, 0.717) is 25.6 Å². The molecule has 1 saturated heterocycles. The molecule has 0 saturated carbocycles. The summed E-state index contributed by atoms with van der Waals surface area (Å²) in [6.45, 7) is 2.14. The molecule has 0 spiro atoms. The number of hydrogen-bond acceptors (Lipinski definition) is 6. The number of anilines is 2. The van der Waals surface area contributed by atoms with E-state index in [1.165, 1.54) is 6.07 Å². The average molecular weight is 318 g/mol. The topological polar surface area (TPSA) is 70.5 Å². The SMILES string of the molecule is OC1CCN(c2ccnc(NCCOc3ccccc3F)n2)C1. The van der Waals surface area contributed by atoms with Crippen LogP contribution >= 0.6 is 0 Å². The summed E-state index contributed by atoms with van der Waals surface area (Å²) in [6, 6.07) is 8.11. The number of ether oxygens (including phenoxy) is 1. The normalized spacial score (nSPS) is 17.3. The number of rotatable bonds is 6. The van der Waals surface area contributed by atoms with E-state index in [1.807, 2.05) is 11.0 Å². The molecular formula is C16H19FN4O2. The Kier molecular flexibility index (Phi) is 4.87. The molecule has 0 amide bonds. The molecule has 1 atom stereocenters. The second kappa shape index (κ2) is 7.23. The first kappa shape index (κ1) is 15.5. The van der Waals surface area contributed by atoms with Gasteiger partial charge in [-0.3, -0.25) is 0 Å². The number of aromatic nitrogens is 2. The third-order valence-corrected chi connectivity index (χ3v) is 3.61. The first-order chi connectivity index (χ1) is 11.2. The number of aliphatic hydroxyl groups excluding tert-OH is 1. The largest absolute Gasteiger partial charge is 0.489 e. The van der Waals surface area contributed by atoms with Gasteiger partial charge in [0.15, 0.2) is 11.6 Å². The van der Waals surface area contributed by atoms with Crippen molar-refractivity contribution in [2.75, 3.05) is 36.5 Å². The van der Waals surface area contributed by atoms with Crippen molar-refractivity contribution in [2.24, 2.45) is 0 Å². The Bertz CT molecular complexity index is 655. The molecule has 1 aliphatic heterocycles. The van der Waals surface area contributed by atoms with Crippen LogP contribution in [0.15, 0.2) is 36.5 Å². The van der Waals surface area contributed by atoms with E-state index in [-0.39, 0.29) is 17.7 Å². The number of aliphatic hydroxyl groups is 1. The Morgan fingerprint density at radius 2 is 2.22 bits per heavy atom. The maximum absolute atomic E-state index is 13.4. The first-order valence-electron chi connectivity index (χ1n) is 7.59. The summed E-state index contributed by atoms with van der Waals surface area (Å²) >= 11 is 0. The van der Waals surface area contributed by atoms with Gasteiger partial charge in [0.1, 0.15) is 12.4 Å². The number of hydrogen-bond donors (Lipinski definition) is 2. The molecule has 7 heteroatoms. The minimum Gasteiger partial charge on any atom is -0.489 e. The van der Waals surface area contributed by atoms with Crippen LogP contribution in [0.4, 0.5) is 16.2 Å². The van der Waals surface area contributed by atoms with Gasteiger partial charge in [0, 0.05) is 19.3 Å². The average Bonchev–Trinajstić information content (AvgIpc) is 3.00. The van der Waals surface area contributed by atoms with Gasteiger partial charge in [0.05, 0.1) is 12.6 Å². The molecule has 1 aromatic heterocycles. The van der Waals surface area contributed by atoms with E-state index in [4.69, 9.17) is 4.74 Å². The van der Waals surface area contributed by atoms with Gasteiger partial charge in [-0.25, -0.2) is 9.37 Å². The molecule has 0 aliphatic carbocycles. The number of benzene rings is 1. The van der Waals surface area contributed by atoms with E-state index >= 15 is 0 Å². The van der Waals surface area contributed by atoms with Crippen LogP contribution in [-0.4, -0.2) is 47.4 Å². The molecule has 23 heavy (non-hydrogen) atoms. The molecule has 6 nitrogen and oxygen atoms in total. The van der Waals surface area contributed by atoms with Gasteiger partial charge in [-0.2, -0.15) is 4.98 Å². The van der Waals surface area contributed by atoms with Crippen molar-refractivity contribution in [3.63, 3.8) is 0 Å². The summed E-state index contributed by atoms with van der Waals surface area (Å²) < 4.78 is 18.8. The second-order valence-electron chi connectivity index (χ2n) is 5.33. The van der Waals surface area contributed by atoms with Gasteiger partial charge in [-0.05, 0) is 24.6 Å². The maximum Gasteiger partial charge on any atom is 0.224 e. The van der Waals surface area contributed by atoms with E-state index in [2.05, 4.69) is 15.3 Å². The molecular weight excluding hydrogens is 299 g/mol. The Morgan fingerprint density at radius 1 is 1.35 bits per heavy atom. The molecule has 2 N–H and O–H groups in total. The monoisotopic (exact) mass is 318 g/mol. The van der Waals surface area contributed by atoms with Crippen LogP contribution in [0.1, 0.15) is 6.42 Å². The van der Waals surface area contributed by atoms with Crippen LogP contribution in [0.2, 0.25) is 0 Å². The van der Waals surface area contributed by atoms with Crippen LogP contribution in [0, 0.1) is 5.82 Å². The van der Waals surface area contributed by atoms with Crippen LogP contribution in [0.3, 0.4) is 0 Å². The fraction of sp³-hybridized carbons (Fsp3) is 0.375. The van der Waals surface area contributed by atoms with Crippen molar-refractivity contribution in [3.8, 4) is 5.75 Å². The molecule has 2 heterocycles. The third kappa shape index (κ3) is 4.07. The second-order valence-corrected chi connectivity index (χ2v) is 5.33. The van der Waals surface area contributed by atoms with Gasteiger partial charge < -0.3 is 20.1 Å². The highest BCUT2D eigenvalue weighted by molar-refractivity contribution is 5.43. The Balaban J connectivity index is 1.50. The molecule has 122 valence electrons. The van der Waals surface area contributed by atoms with E-state index < -0.39 is 0 Å². The third-order valence-electron chi connectivity index (χ3n) is 3.61. The van der Waals surface area contributed by atoms with Crippen LogP contribution in [0.5, 0.6) is 5.75 Å². The summed E-state index contributed by atoms with van der Waals surface area (Å²) in [7, 11) is 0. The number of β-amino-alcohol motifs (C(OH)–C–C–N with tert-alkyl or cyclic N) is 1. The lowest BCUT2D eigenvalue weighted by molar-refractivity contribution is 0.198. The van der Waals surface area contributed by atoms with Crippen LogP contribution in [-0.2, 0) is 0 Å². The van der Waals surface area contributed by atoms with E-state index in [1.54, 1.807) is 24.4 Å². The molecule has 1 aliphatic rings. The lowest BCUT2D eigenvalue weighted by Gasteiger charge is -2.17. The molecule has 0 radical (unpaired) electrons. The smallest absolute Gasteiger partial charge is 0.224 e. The van der Waals surface area contributed by atoms with Crippen molar-refractivity contribution in [1.82, 2.24) is 9.97 Å². The summed E-state index contributed by atoms with van der Waals surface area (Å²) in [5.41, 5.74) is 0. The van der Waals surface area contributed by atoms with Gasteiger partial charge in [-0.1, -0.05) is 12.1 Å². The number of halogens is 1. The highest BCUT2D eigenvalue weighted by Gasteiger charge is 2.21. The van der Waals surface area contributed by atoms with E-state index in [0.717, 1.165) is 18.8 Å². The fourth-order valence-corrected chi connectivity index (χ4v) is 2.45. The lowest BCUT2D eigenvalue weighted by atomic mass is 10.3. The summed E-state index contributed by atoms with van der Waals surface area (Å²) in [5.74, 6) is 1.13. The quantitative estimate of drug-likeness (QED) is 0.790. The van der Waals surface area contributed by atoms with Crippen LogP contribution < -0.4 is 15.0 Å². The van der Waals surface area contributed by atoms with Crippen molar-refractivity contribution in [1.29, 1.82) is 0 Å². The predicted octanol–water partition coefficient (Wildman–Crippen LogP) is 1.68.